The van der Waals surface area contributed by atoms with E-state index in [4.69, 9.17) is 4.98 Å². The molecule has 0 unspecified atom stereocenters. The summed E-state index contributed by atoms with van der Waals surface area (Å²) in [7, 11) is 0. The molecule has 1 saturated carbocycles. The highest BCUT2D eigenvalue weighted by atomic mass is 19.1. The number of piperidine rings is 1. The van der Waals surface area contributed by atoms with Gasteiger partial charge in [-0.15, -0.1) is 0 Å². The number of rotatable bonds is 3. The lowest BCUT2D eigenvalue weighted by atomic mass is 9.92. The van der Waals surface area contributed by atoms with Crippen LogP contribution in [0, 0.1) is 11.7 Å². The normalized spacial score (nSPS) is 19.0. The fraction of sp³-hybridized carbons (Fsp3) is 0.476. The number of carbonyl (C=O) groups is 1. The van der Waals surface area contributed by atoms with Crippen molar-refractivity contribution in [3.8, 4) is 11.3 Å². The van der Waals surface area contributed by atoms with Crippen molar-refractivity contribution < 1.29 is 9.18 Å². The molecule has 136 valence electrons. The largest absolute Gasteiger partial charge is 0.342 e. The zero-order valence-electron chi connectivity index (χ0n) is 14.9. The lowest BCUT2D eigenvalue weighted by Gasteiger charge is -2.33. The van der Waals surface area contributed by atoms with Crippen LogP contribution in [0.1, 0.15) is 50.1 Å². The summed E-state index contributed by atoms with van der Waals surface area (Å²) in [6, 6.07) is 6.44. The van der Waals surface area contributed by atoms with E-state index in [9.17, 15) is 9.18 Å². The van der Waals surface area contributed by atoms with E-state index in [0.29, 0.717) is 17.5 Å². The molecule has 0 atom stereocenters. The fourth-order valence-corrected chi connectivity index (χ4v) is 4.19. The Morgan fingerprint density at radius 2 is 1.85 bits per heavy atom. The van der Waals surface area contributed by atoms with Crippen LogP contribution in [0.5, 0.6) is 0 Å². The lowest BCUT2D eigenvalue weighted by molar-refractivity contribution is -0.136. The Balaban J connectivity index is 1.43. The molecule has 0 bridgehead atoms. The van der Waals surface area contributed by atoms with E-state index in [-0.39, 0.29) is 11.7 Å². The minimum absolute atomic E-state index is 0.252. The Kier molecular flexibility index (Phi) is 4.96. The molecular weight excluding hydrogens is 329 g/mol. The van der Waals surface area contributed by atoms with Crippen LogP contribution in [-0.4, -0.2) is 33.9 Å². The van der Waals surface area contributed by atoms with Crippen molar-refractivity contribution in [3.63, 3.8) is 0 Å². The Bertz CT molecular complexity index is 780. The summed E-state index contributed by atoms with van der Waals surface area (Å²) in [5, 5.41) is 0. The molecule has 2 aliphatic rings. The highest BCUT2D eigenvalue weighted by molar-refractivity contribution is 5.79. The topological polar surface area (TPSA) is 46.1 Å². The van der Waals surface area contributed by atoms with Gasteiger partial charge < -0.3 is 4.90 Å². The van der Waals surface area contributed by atoms with E-state index in [0.717, 1.165) is 50.0 Å². The van der Waals surface area contributed by atoms with Gasteiger partial charge in [-0.05, 0) is 37.8 Å². The Morgan fingerprint density at radius 1 is 1.08 bits per heavy atom. The van der Waals surface area contributed by atoms with Gasteiger partial charge in [-0.1, -0.05) is 25.0 Å². The van der Waals surface area contributed by atoms with Crippen LogP contribution in [0.15, 0.2) is 36.7 Å². The summed E-state index contributed by atoms with van der Waals surface area (Å²) in [5.74, 6) is 0.639. The van der Waals surface area contributed by atoms with Crippen molar-refractivity contribution in [1.82, 2.24) is 14.9 Å². The summed E-state index contributed by atoms with van der Waals surface area (Å²) < 4.78 is 13.5. The number of hydrogen-bond donors (Lipinski definition) is 0. The number of amides is 1. The summed E-state index contributed by atoms with van der Waals surface area (Å²) >= 11 is 0. The first kappa shape index (κ1) is 17.1. The molecule has 4 nitrogen and oxygen atoms in total. The van der Waals surface area contributed by atoms with E-state index in [1.165, 1.54) is 25.0 Å². The van der Waals surface area contributed by atoms with Crippen molar-refractivity contribution in [2.45, 2.75) is 44.4 Å². The molecular formula is C21H24FN3O. The van der Waals surface area contributed by atoms with Crippen molar-refractivity contribution in [1.29, 1.82) is 0 Å². The minimum Gasteiger partial charge on any atom is -0.342 e. The smallest absolute Gasteiger partial charge is 0.225 e. The number of nitrogens with zero attached hydrogens (tertiary/aromatic N) is 3. The summed E-state index contributed by atoms with van der Waals surface area (Å²) in [6.07, 6.45) is 9.81. The van der Waals surface area contributed by atoms with E-state index >= 15 is 0 Å². The highest BCUT2D eigenvalue weighted by Gasteiger charge is 2.30. The van der Waals surface area contributed by atoms with Gasteiger partial charge in [-0.2, -0.15) is 0 Å². The van der Waals surface area contributed by atoms with Crippen molar-refractivity contribution >= 4 is 5.91 Å². The second-order valence-corrected chi connectivity index (χ2v) is 7.42. The van der Waals surface area contributed by atoms with E-state index in [1.54, 1.807) is 12.3 Å². The average Bonchev–Trinajstić information content (AvgIpc) is 3.22. The van der Waals surface area contributed by atoms with Gasteiger partial charge in [0.1, 0.15) is 5.82 Å². The highest BCUT2D eigenvalue weighted by Crippen LogP contribution is 2.31. The van der Waals surface area contributed by atoms with Crippen molar-refractivity contribution in [3.05, 3.63) is 48.2 Å². The number of likely N-dealkylation sites (tertiary alicyclic amines) is 1. The summed E-state index contributed by atoms with van der Waals surface area (Å²) in [5.41, 5.74) is 2.39. The quantitative estimate of drug-likeness (QED) is 0.832. The maximum Gasteiger partial charge on any atom is 0.225 e. The van der Waals surface area contributed by atoms with Crippen LogP contribution >= 0.6 is 0 Å². The summed E-state index contributed by atoms with van der Waals surface area (Å²) in [6.45, 7) is 1.59. The molecule has 1 aliphatic heterocycles. The molecule has 1 aromatic heterocycles. The molecule has 26 heavy (non-hydrogen) atoms. The van der Waals surface area contributed by atoms with Gasteiger partial charge in [-0.3, -0.25) is 9.78 Å². The third-order valence-corrected chi connectivity index (χ3v) is 5.70. The monoisotopic (exact) mass is 353 g/mol. The second-order valence-electron chi connectivity index (χ2n) is 7.42. The maximum atomic E-state index is 13.5. The molecule has 1 aromatic carbocycles. The molecule has 0 spiro atoms. The Hall–Kier alpha value is -2.30. The number of aromatic nitrogens is 2. The third-order valence-electron chi connectivity index (χ3n) is 5.70. The number of halogens is 1. The predicted octanol–water partition coefficient (Wildman–Crippen LogP) is 4.18. The molecule has 1 aliphatic carbocycles. The predicted molar refractivity (Wildman–Crippen MR) is 97.9 cm³/mol. The first-order valence-corrected chi connectivity index (χ1v) is 9.57. The number of hydrogen-bond acceptors (Lipinski definition) is 3. The van der Waals surface area contributed by atoms with Gasteiger partial charge in [-0.25, -0.2) is 9.37 Å². The van der Waals surface area contributed by atoms with Crippen LogP contribution in [0.2, 0.25) is 0 Å². The van der Waals surface area contributed by atoms with Crippen molar-refractivity contribution in [2.75, 3.05) is 13.1 Å². The van der Waals surface area contributed by atoms with Gasteiger partial charge in [0.2, 0.25) is 5.91 Å². The van der Waals surface area contributed by atoms with Gasteiger partial charge in [0.05, 0.1) is 17.6 Å². The molecule has 2 heterocycles. The van der Waals surface area contributed by atoms with Crippen LogP contribution in [0.25, 0.3) is 11.3 Å². The molecule has 1 saturated heterocycles. The van der Waals surface area contributed by atoms with E-state index < -0.39 is 0 Å². The second kappa shape index (κ2) is 7.52. The average molecular weight is 353 g/mol. The summed E-state index contributed by atoms with van der Waals surface area (Å²) in [4.78, 5) is 23.7. The number of benzene rings is 1. The zero-order valence-corrected chi connectivity index (χ0v) is 14.9. The van der Waals surface area contributed by atoms with Crippen LogP contribution in [0.3, 0.4) is 0 Å². The zero-order chi connectivity index (χ0) is 17.9. The van der Waals surface area contributed by atoms with E-state index in [1.807, 2.05) is 17.2 Å². The molecule has 5 heteroatoms. The molecule has 0 N–H and O–H groups in total. The van der Waals surface area contributed by atoms with Crippen LogP contribution in [0.4, 0.5) is 4.39 Å². The molecule has 4 rings (SSSR count). The van der Waals surface area contributed by atoms with Gasteiger partial charge in [0, 0.05) is 36.7 Å². The molecule has 1 amide bonds. The Labute approximate surface area is 153 Å². The Morgan fingerprint density at radius 3 is 2.58 bits per heavy atom. The van der Waals surface area contributed by atoms with Gasteiger partial charge in [0.15, 0.2) is 0 Å². The fourth-order valence-electron chi connectivity index (χ4n) is 4.19. The molecule has 2 fully saturated rings. The standard InChI is InChI=1S/C21H24FN3O/c22-18-7-3-6-17(12-18)20-14-23-13-19(24-20)15-8-10-25(11-9-15)21(26)16-4-1-2-5-16/h3,6-7,12-16H,1-2,4-5,8-11H2. The lowest BCUT2D eigenvalue weighted by Crippen LogP contribution is -2.40. The van der Waals surface area contributed by atoms with Gasteiger partial charge in [0.25, 0.3) is 0 Å². The van der Waals surface area contributed by atoms with Crippen molar-refractivity contribution in [2.24, 2.45) is 5.92 Å². The van der Waals surface area contributed by atoms with Crippen LogP contribution < -0.4 is 0 Å². The maximum absolute atomic E-state index is 13.5. The van der Waals surface area contributed by atoms with E-state index in [2.05, 4.69) is 4.98 Å². The van der Waals surface area contributed by atoms with Gasteiger partial charge >= 0.3 is 0 Å². The minimum atomic E-state index is -0.270. The first-order valence-electron chi connectivity index (χ1n) is 9.57. The molecule has 0 radical (unpaired) electrons. The first-order chi connectivity index (χ1) is 12.7. The SMILES string of the molecule is O=C(C1CCCC1)N1CCC(c2cncc(-c3cccc(F)c3)n2)CC1. The van der Waals surface area contributed by atoms with Crippen LogP contribution in [-0.2, 0) is 4.79 Å². The number of carbonyl (C=O) groups excluding carboxylic acids is 1. The third kappa shape index (κ3) is 3.62. The molecule has 2 aromatic rings.